The summed E-state index contributed by atoms with van der Waals surface area (Å²) < 4.78 is 12.6. The first-order valence-electron chi connectivity index (χ1n) is 24.4. The molecular weight excluding hydrogens is 841 g/mol. The molecule has 4 nitrogen and oxygen atoms in total. The van der Waals surface area contributed by atoms with E-state index in [1.165, 1.54) is 39.0 Å². The Kier molecular flexibility index (Phi) is 9.56. The molecule has 8 aromatic carbocycles. The van der Waals surface area contributed by atoms with Gasteiger partial charge in [0.1, 0.15) is 22.3 Å². The Morgan fingerprint density at radius 1 is 0.493 bits per heavy atom. The zero-order valence-electron chi connectivity index (χ0n) is 39.3. The highest BCUT2D eigenvalue weighted by Crippen LogP contribution is 2.50. The van der Waals surface area contributed by atoms with Crippen LogP contribution >= 0.6 is 0 Å². The van der Waals surface area contributed by atoms with Crippen molar-refractivity contribution in [2.24, 2.45) is 15.9 Å². The summed E-state index contributed by atoms with van der Waals surface area (Å²) in [5.74, 6) is 1.04. The molecule has 0 saturated heterocycles. The lowest BCUT2D eigenvalue weighted by atomic mass is 9.79. The molecule has 0 amide bonds. The maximum absolute atomic E-state index is 6.30. The van der Waals surface area contributed by atoms with Gasteiger partial charge in [-0.25, -0.2) is 9.98 Å². The van der Waals surface area contributed by atoms with Gasteiger partial charge in [0, 0.05) is 38.9 Å². The van der Waals surface area contributed by atoms with Gasteiger partial charge >= 0.3 is 0 Å². The van der Waals surface area contributed by atoms with Gasteiger partial charge in [0.05, 0.1) is 11.4 Å². The second-order valence-corrected chi connectivity index (χ2v) is 19.6. The molecule has 0 radical (unpaired) electrons. The molecule has 4 heteroatoms. The Hall–Kier alpha value is -8.08. The van der Waals surface area contributed by atoms with Crippen molar-refractivity contribution in [3.05, 3.63) is 227 Å². The molecule has 3 heterocycles. The maximum atomic E-state index is 6.30. The molecule has 0 spiro atoms. The second-order valence-electron chi connectivity index (χ2n) is 19.6. The topological polar surface area (TPSA) is 51.0 Å². The zero-order valence-corrected chi connectivity index (χ0v) is 39.3. The molecule has 332 valence electrons. The maximum Gasteiger partial charge on any atom is 0.156 e. The normalized spacial score (nSPS) is 16.6. The first-order chi connectivity index (χ1) is 33.8. The minimum Gasteiger partial charge on any atom is -0.456 e. The average Bonchev–Trinajstić information content (AvgIpc) is 3.97. The molecule has 0 fully saturated rings. The quantitative estimate of drug-likeness (QED) is 0.160. The van der Waals surface area contributed by atoms with Crippen LogP contribution in [-0.4, -0.2) is 11.5 Å². The summed E-state index contributed by atoms with van der Waals surface area (Å²) in [6.45, 7) is 9.33. The van der Waals surface area contributed by atoms with E-state index >= 15 is 0 Å². The van der Waals surface area contributed by atoms with Gasteiger partial charge in [-0.2, -0.15) is 0 Å². The van der Waals surface area contributed by atoms with Crippen LogP contribution in [0.15, 0.2) is 218 Å². The van der Waals surface area contributed by atoms with Crippen LogP contribution in [0.2, 0.25) is 0 Å². The highest BCUT2D eigenvalue weighted by Gasteiger charge is 2.36. The number of allylic oxidation sites excluding steroid dienone is 4. The van der Waals surface area contributed by atoms with E-state index in [2.05, 4.69) is 192 Å². The Morgan fingerprint density at radius 2 is 1.07 bits per heavy atom. The number of amidine groups is 1. The highest BCUT2D eigenvalue weighted by molar-refractivity contribution is 6.16. The number of aliphatic imine (C=N–C) groups is 2. The zero-order chi connectivity index (χ0) is 46.4. The van der Waals surface area contributed by atoms with Gasteiger partial charge in [-0.3, -0.25) is 0 Å². The van der Waals surface area contributed by atoms with Gasteiger partial charge in [-0.1, -0.05) is 155 Å². The fraction of sp³-hybridized carbons (Fsp3) is 0.138. The lowest BCUT2D eigenvalue weighted by Crippen LogP contribution is -2.16. The van der Waals surface area contributed by atoms with E-state index in [1.807, 2.05) is 24.3 Å². The number of nitrogens with zero attached hydrogens (tertiary/aromatic N) is 2. The molecular formula is C65H50N2O2. The fourth-order valence-corrected chi connectivity index (χ4v) is 11.4. The number of hydrogen-bond donors (Lipinski definition) is 0. The highest BCUT2D eigenvalue weighted by atomic mass is 16.3. The van der Waals surface area contributed by atoms with Crippen molar-refractivity contribution in [1.29, 1.82) is 0 Å². The second kappa shape index (κ2) is 16.0. The standard InChI is InChI=1S/C65H50N2O2/c1-5-40-38-58(41-15-7-6-8-16-41)66-64(45-24-27-49(39(2)31-45)44-23-28-51-50-17-9-12-20-56(50)65(3,4)57(51)37-44)67-63(40)48-33-46(42-25-29-61-54(35-42)52-18-10-13-21-59(52)68-61)32-47(34-48)43-26-30-62-55(36-43)53-19-11-14-22-60(53)69-62/h6-30,32-37,39H,5,31,38H2,1-4H3. The van der Waals surface area contributed by atoms with Crippen molar-refractivity contribution in [3.63, 3.8) is 0 Å². The van der Waals surface area contributed by atoms with E-state index in [0.29, 0.717) is 6.42 Å². The molecule has 0 bridgehead atoms. The molecule has 1 aliphatic heterocycles. The molecule has 2 aromatic heterocycles. The minimum atomic E-state index is -0.0588. The number of furan rings is 2. The van der Waals surface area contributed by atoms with E-state index in [4.69, 9.17) is 18.8 Å². The largest absolute Gasteiger partial charge is 0.456 e. The molecule has 0 saturated carbocycles. The van der Waals surface area contributed by atoms with Gasteiger partial charge in [0.2, 0.25) is 0 Å². The van der Waals surface area contributed by atoms with Crippen molar-refractivity contribution >= 4 is 66.7 Å². The summed E-state index contributed by atoms with van der Waals surface area (Å²) >= 11 is 0. The van der Waals surface area contributed by atoms with Crippen molar-refractivity contribution in [3.8, 4) is 33.4 Å². The van der Waals surface area contributed by atoms with Crippen LogP contribution in [0.1, 0.15) is 74.8 Å². The lowest BCUT2D eigenvalue weighted by Gasteiger charge is -2.25. The Labute approximate surface area is 402 Å². The summed E-state index contributed by atoms with van der Waals surface area (Å²) in [4.78, 5) is 11.3. The summed E-state index contributed by atoms with van der Waals surface area (Å²) in [5, 5.41) is 4.43. The van der Waals surface area contributed by atoms with Crippen molar-refractivity contribution in [2.45, 2.75) is 52.4 Å². The molecule has 3 aliphatic rings. The van der Waals surface area contributed by atoms with Crippen molar-refractivity contribution in [1.82, 2.24) is 0 Å². The van der Waals surface area contributed by atoms with Gasteiger partial charge in [-0.15, -0.1) is 0 Å². The van der Waals surface area contributed by atoms with E-state index in [0.717, 1.165) is 113 Å². The van der Waals surface area contributed by atoms with E-state index in [1.54, 1.807) is 0 Å². The summed E-state index contributed by atoms with van der Waals surface area (Å²) in [5.41, 5.74) is 22.7. The van der Waals surface area contributed by atoms with Crippen LogP contribution in [0.4, 0.5) is 0 Å². The van der Waals surface area contributed by atoms with E-state index in [9.17, 15) is 0 Å². The van der Waals surface area contributed by atoms with Crippen LogP contribution in [0.25, 0.3) is 88.5 Å². The minimum absolute atomic E-state index is 0.0588. The van der Waals surface area contributed by atoms with Crippen LogP contribution in [0.5, 0.6) is 0 Å². The summed E-state index contributed by atoms with van der Waals surface area (Å²) in [6.07, 6.45) is 6.97. The number of fused-ring (bicyclic) bond motifs is 9. The van der Waals surface area contributed by atoms with E-state index in [-0.39, 0.29) is 11.3 Å². The molecule has 69 heavy (non-hydrogen) atoms. The van der Waals surface area contributed by atoms with E-state index < -0.39 is 0 Å². The summed E-state index contributed by atoms with van der Waals surface area (Å²) in [7, 11) is 0. The SMILES string of the molecule is CCC1=C(c2cc(-c3ccc4oc5ccccc5c4c3)cc(-c3ccc4oc5ccccc5c4c3)c2)N=C(C2=CC=C(c3ccc4c(c3)C(C)(C)c3ccccc3-4)C(C)C2)N=C(c2ccccc2)C1. The van der Waals surface area contributed by atoms with Crippen LogP contribution in [-0.2, 0) is 5.41 Å². The third-order valence-corrected chi connectivity index (χ3v) is 15.1. The molecule has 1 unspecified atom stereocenters. The number of para-hydroxylation sites is 2. The molecule has 13 rings (SSSR count). The van der Waals surface area contributed by atoms with Crippen LogP contribution in [0, 0.1) is 5.92 Å². The smallest absolute Gasteiger partial charge is 0.156 e. The molecule has 0 N–H and O–H groups in total. The first kappa shape index (κ1) is 41.1. The van der Waals surface area contributed by atoms with Gasteiger partial charge in [0.15, 0.2) is 5.84 Å². The predicted molar refractivity (Wildman–Crippen MR) is 288 cm³/mol. The third-order valence-electron chi connectivity index (χ3n) is 15.1. The molecule has 1 atom stereocenters. The number of rotatable bonds is 7. The average molecular weight is 891 g/mol. The van der Waals surface area contributed by atoms with Gasteiger partial charge < -0.3 is 8.83 Å². The van der Waals surface area contributed by atoms with Crippen molar-refractivity contribution in [2.75, 3.05) is 0 Å². The molecule has 2 aliphatic carbocycles. The van der Waals surface area contributed by atoms with Crippen LogP contribution in [0.3, 0.4) is 0 Å². The Morgan fingerprint density at radius 3 is 1.74 bits per heavy atom. The van der Waals surface area contributed by atoms with Crippen LogP contribution < -0.4 is 0 Å². The number of hydrogen-bond acceptors (Lipinski definition) is 4. The third kappa shape index (κ3) is 6.88. The lowest BCUT2D eigenvalue weighted by molar-refractivity contribution is 0.659. The van der Waals surface area contributed by atoms with Gasteiger partial charge in [0.25, 0.3) is 0 Å². The molecule has 10 aromatic rings. The van der Waals surface area contributed by atoms with Gasteiger partial charge in [-0.05, 0) is 152 Å². The fourth-order valence-electron chi connectivity index (χ4n) is 11.4. The monoisotopic (exact) mass is 890 g/mol. The predicted octanol–water partition coefficient (Wildman–Crippen LogP) is 17.6. The first-order valence-corrected chi connectivity index (χ1v) is 24.4. The van der Waals surface area contributed by atoms with Crippen molar-refractivity contribution < 1.29 is 8.83 Å². The summed E-state index contributed by atoms with van der Waals surface area (Å²) in [6, 6.07) is 63.4. The Balaban J connectivity index is 0.974. The Bertz CT molecular complexity index is 3790. The number of benzene rings is 8.